The highest BCUT2D eigenvalue weighted by Crippen LogP contribution is 2.35. The first-order valence-corrected chi connectivity index (χ1v) is 6.49. The van der Waals surface area contributed by atoms with E-state index in [1.54, 1.807) is 6.20 Å². The lowest BCUT2D eigenvalue weighted by Gasteiger charge is -2.10. The van der Waals surface area contributed by atoms with Crippen LogP contribution in [0, 0.1) is 0 Å². The highest BCUT2D eigenvalue weighted by atomic mass is 35.5. The second-order valence-electron chi connectivity index (χ2n) is 4.25. The third-order valence-corrected chi connectivity index (χ3v) is 3.32. The van der Waals surface area contributed by atoms with Crippen molar-refractivity contribution in [3.8, 4) is 22.4 Å². The smallest absolute Gasteiger partial charge is 0.0795 e. The minimum absolute atomic E-state index is 0.722. The summed E-state index contributed by atoms with van der Waals surface area (Å²) in [7, 11) is 0. The van der Waals surface area contributed by atoms with Crippen molar-refractivity contribution in [1.29, 1.82) is 0 Å². The quantitative estimate of drug-likeness (QED) is 0.630. The number of hydrogen-bond acceptors (Lipinski definition) is 1. The van der Waals surface area contributed by atoms with E-state index < -0.39 is 0 Å². The van der Waals surface area contributed by atoms with Gasteiger partial charge >= 0.3 is 0 Å². The van der Waals surface area contributed by atoms with Crippen LogP contribution in [-0.4, -0.2) is 4.98 Å². The van der Waals surface area contributed by atoms with Crippen LogP contribution in [0.1, 0.15) is 0 Å². The van der Waals surface area contributed by atoms with E-state index in [0.29, 0.717) is 0 Å². The van der Waals surface area contributed by atoms with Gasteiger partial charge in [-0.05, 0) is 11.6 Å². The summed E-state index contributed by atoms with van der Waals surface area (Å²) in [4.78, 5) is 4.50. The molecule has 0 aliphatic carbocycles. The van der Waals surface area contributed by atoms with Crippen LogP contribution in [-0.2, 0) is 0 Å². The zero-order valence-corrected chi connectivity index (χ0v) is 11.0. The molecule has 0 fully saturated rings. The Bertz CT molecular complexity index is 678. The topological polar surface area (TPSA) is 12.9 Å². The minimum atomic E-state index is 0.722. The summed E-state index contributed by atoms with van der Waals surface area (Å²) in [5, 5.41) is 0.722. The predicted molar refractivity (Wildman–Crippen MR) is 80.1 cm³/mol. The van der Waals surface area contributed by atoms with Crippen molar-refractivity contribution in [2.24, 2.45) is 0 Å². The minimum Gasteiger partial charge on any atom is -0.255 e. The van der Waals surface area contributed by atoms with E-state index in [1.807, 2.05) is 54.6 Å². The number of nitrogens with zero attached hydrogens (tertiary/aromatic N) is 1. The van der Waals surface area contributed by atoms with E-state index in [9.17, 15) is 0 Å². The van der Waals surface area contributed by atoms with Crippen LogP contribution in [0.4, 0.5) is 0 Å². The fourth-order valence-corrected chi connectivity index (χ4v) is 2.39. The largest absolute Gasteiger partial charge is 0.255 e. The fourth-order valence-electron chi connectivity index (χ4n) is 2.13. The zero-order chi connectivity index (χ0) is 13.1. The van der Waals surface area contributed by atoms with Crippen molar-refractivity contribution in [2.45, 2.75) is 0 Å². The van der Waals surface area contributed by atoms with Crippen molar-refractivity contribution < 1.29 is 0 Å². The van der Waals surface area contributed by atoms with Gasteiger partial charge in [0.1, 0.15) is 0 Å². The Kier molecular flexibility index (Phi) is 3.30. The number of hydrogen-bond donors (Lipinski definition) is 0. The first kappa shape index (κ1) is 11.9. The van der Waals surface area contributed by atoms with E-state index in [0.717, 1.165) is 27.4 Å². The van der Waals surface area contributed by atoms with Gasteiger partial charge in [-0.3, -0.25) is 4.98 Å². The summed E-state index contributed by atoms with van der Waals surface area (Å²) in [6.45, 7) is 0. The first-order valence-electron chi connectivity index (χ1n) is 6.11. The van der Waals surface area contributed by atoms with E-state index in [2.05, 4.69) is 17.1 Å². The van der Waals surface area contributed by atoms with Gasteiger partial charge in [-0.15, -0.1) is 0 Å². The van der Waals surface area contributed by atoms with Gasteiger partial charge in [0.2, 0.25) is 0 Å². The van der Waals surface area contributed by atoms with Crippen LogP contribution in [0.15, 0.2) is 72.9 Å². The average molecular weight is 266 g/mol. The molecule has 1 nitrogen and oxygen atoms in total. The molecule has 0 radical (unpaired) electrons. The van der Waals surface area contributed by atoms with Crippen LogP contribution in [0.2, 0.25) is 5.02 Å². The third-order valence-electron chi connectivity index (χ3n) is 3.01. The van der Waals surface area contributed by atoms with Gasteiger partial charge < -0.3 is 0 Å². The maximum atomic E-state index is 6.37. The molecule has 0 saturated heterocycles. The Morgan fingerprint density at radius 3 is 1.89 bits per heavy atom. The maximum absolute atomic E-state index is 6.37. The van der Waals surface area contributed by atoms with Gasteiger partial charge in [0.25, 0.3) is 0 Å². The number of halogens is 1. The van der Waals surface area contributed by atoms with Gasteiger partial charge in [0, 0.05) is 17.3 Å². The van der Waals surface area contributed by atoms with Crippen LogP contribution in [0.3, 0.4) is 0 Å². The van der Waals surface area contributed by atoms with Crippen molar-refractivity contribution in [3.05, 3.63) is 77.9 Å². The predicted octanol–water partition coefficient (Wildman–Crippen LogP) is 5.07. The second-order valence-corrected chi connectivity index (χ2v) is 4.66. The summed E-state index contributed by atoms with van der Waals surface area (Å²) in [6.07, 6.45) is 1.75. The summed E-state index contributed by atoms with van der Waals surface area (Å²) >= 11 is 6.37. The van der Waals surface area contributed by atoms with Crippen LogP contribution in [0.5, 0.6) is 0 Å². The molecule has 0 aliphatic heterocycles. The monoisotopic (exact) mass is 265 g/mol. The summed E-state index contributed by atoms with van der Waals surface area (Å²) < 4.78 is 0. The lowest BCUT2D eigenvalue weighted by atomic mass is 9.99. The Hall–Kier alpha value is -2.12. The van der Waals surface area contributed by atoms with Gasteiger partial charge in [0.15, 0.2) is 0 Å². The molecule has 3 aromatic rings. The van der Waals surface area contributed by atoms with Gasteiger partial charge in [-0.25, -0.2) is 0 Å². The molecule has 0 amide bonds. The number of benzene rings is 2. The molecular formula is C17H12ClN. The molecule has 0 bridgehead atoms. The average Bonchev–Trinajstić information content (AvgIpc) is 2.49. The number of aromatic nitrogens is 1. The van der Waals surface area contributed by atoms with Crippen LogP contribution >= 0.6 is 11.6 Å². The van der Waals surface area contributed by atoms with E-state index in [-0.39, 0.29) is 0 Å². The molecule has 0 aliphatic rings. The molecule has 2 heteroatoms. The third kappa shape index (κ3) is 2.38. The second kappa shape index (κ2) is 5.25. The Balaban J connectivity index is 2.25. The van der Waals surface area contributed by atoms with Crippen molar-refractivity contribution in [2.75, 3.05) is 0 Å². The van der Waals surface area contributed by atoms with Gasteiger partial charge in [-0.1, -0.05) is 72.3 Å². The maximum Gasteiger partial charge on any atom is 0.0795 e. The molecule has 0 atom stereocenters. The van der Waals surface area contributed by atoms with Crippen LogP contribution in [0.25, 0.3) is 22.4 Å². The Labute approximate surface area is 117 Å². The Morgan fingerprint density at radius 1 is 0.684 bits per heavy atom. The van der Waals surface area contributed by atoms with Crippen molar-refractivity contribution in [1.82, 2.24) is 4.98 Å². The lowest BCUT2D eigenvalue weighted by molar-refractivity contribution is 1.32. The molecule has 0 N–H and O–H groups in total. The first-order chi connectivity index (χ1) is 9.36. The van der Waals surface area contributed by atoms with Crippen molar-refractivity contribution in [3.63, 3.8) is 0 Å². The normalized spacial score (nSPS) is 10.4. The van der Waals surface area contributed by atoms with E-state index in [1.165, 1.54) is 0 Å². The SMILES string of the molecule is Clc1ccnc(-c2ccccc2)c1-c1ccccc1. The number of pyridine rings is 1. The van der Waals surface area contributed by atoms with E-state index in [4.69, 9.17) is 11.6 Å². The van der Waals surface area contributed by atoms with Crippen LogP contribution < -0.4 is 0 Å². The molecule has 0 saturated carbocycles. The van der Waals surface area contributed by atoms with Gasteiger partial charge in [-0.2, -0.15) is 0 Å². The van der Waals surface area contributed by atoms with Crippen molar-refractivity contribution >= 4 is 11.6 Å². The Morgan fingerprint density at radius 2 is 1.26 bits per heavy atom. The molecular weight excluding hydrogens is 254 g/mol. The summed E-state index contributed by atoms with van der Waals surface area (Å²) in [5.41, 5.74) is 4.05. The fraction of sp³-hybridized carbons (Fsp3) is 0. The number of rotatable bonds is 2. The molecule has 19 heavy (non-hydrogen) atoms. The molecule has 3 rings (SSSR count). The summed E-state index contributed by atoms with van der Waals surface area (Å²) in [6, 6.07) is 22.0. The molecule has 1 heterocycles. The standard InChI is InChI=1S/C17H12ClN/c18-15-11-12-19-17(14-9-5-2-6-10-14)16(15)13-7-3-1-4-8-13/h1-12H. The highest BCUT2D eigenvalue weighted by Gasteiger charge is 2.11. The molecule has 2 aromatic carbocycles. The summed E-state index contributed by atoms with van der Waals surface area (Å²) in [5.74, 6) is 0. The van der Waals surface area contributed by atoms with Gasteiger partial charge in [0.05, 0.1) is 10.7 Å². The molecule has 0 unspecified atom stereocenters. The zero-order valence-electron chi connectivity index (χ0n) is 10.3. The van der Waals surface area contributed by atoms with E-state index >= 15 is 0 Å². The molecule has 0 spiro atoms. The molecule has 1 aromatic heterocycles. The highest BCUT2D eigenvalue weighted by molar-refractivity contribution is 6.34. The molecule has 92 valence electrons. The lowest BCUT2D eigenvalue weighted by Crippen LogP contribution is -1.90.